The van der Waals surface area contributed by atoms with Crippen LogP contribution in [0.5, 0.6) is 0 Å². The first-order valence-corrected chi connectivity index (χ1v) is 2.82. The molecule has 0 rings (SSSR count). The summed E-state index contributed by atoms with van der Waals surface area (Å²) >= 11 is 0. The summed E-state index contributed by atoms with van der Waals surface area (Å²) < 4.78 is 4.25. The molecular weight excluding hydrogens is 150 g/mol. The summed E-state index contributed by atoms with van der Waals surface area (Å²) in [5.41, 5.74) is 7.94. The van der Waals surface area contributed by atoms with E-state index in [1.54, 1.807) is 0 Å². The SMILES string of the molecule is COC(=O)C(CC=O)N=[N+]=[N-]. The van der Waals surface area contributed by atoms with Crippen LogP contribution in [0.25, 0.3) is 10.4 Å². The molecule has 0 heterocycles. The van der Waals surface area contributed by atoms with Crippen molar-refractivity contribution >= 4 is 12.3 Å². The first-order chi connectivity index (χ1) is 5.26. The lowest BCUT2D eigenvalue weighted by Gasteiger charge is -2.02. The Labute approximate surface area is 62.8 Å². The molecule has 0 fully saturated rings. The van der Waals surface area contributed by atoms with Crippen molar-refractivity contribution in [2.75, 3.05) is 7.11 Å². The molecule has 0 aromatic rings. The Kier molecular flexibility index (Phi) is 4.51. The average Bonchev–Trinajstić information content (AvgIpc) is 2.03. The van der Waals surface area contributed by atoms with Gasteiger partial charge >= 0.3 is 5.97 Å². The minimum absolute atomic E-state index is 0.142. The number of methoxy groups -OCH3 is 1. The summed E-state index contributed by atoms with van der Waals surface area (Å²) in [6.07, 6.45) is 0.354. The fourth-order valence-corrected chi connectivity index (χ4v) is 0.480. The molecule has 0 aliphatic carbocycles. The van der Waals surface area contributed by atoms with Crippen molar-refractivity contribution in [1.82, 2.24) is 0 Å². The van der Waals surface area contributed by atoms with Gasteiger partial charge in [-0.15, -0.1) is 0 Å². The molecule has 0 aromatic heterocycles. The summed E-state index contributed by atoms with van der Waals surface area (Å²) in [6.45, 7) is 0. The maximum atomic E-state index is 10.6. The van der Waals surface area contributed by atoms with Crippen molar-refractivity contribution < 1.29 is 14.3 Å². The van der Waals surface area contributed by atoms with Crippen molar-refractivity contribution in [3.05, 3.63) is 10.4 Å². The standard InChI is InChI=1S/C5H7N3O3/c1-11-5(10)4(2-3-9)7-8-6/h3-4H,2H2,1H3. The van der Waals surface area contributed by atoms with Gasteiger partial charge in [0.05, 0.1) is 7.11 Å². The quantitative estimate of drug-likeness (QED) is 0.195. The smallest absolute Gasteiger partial charge is 0.315 e. The Hall–Kier alpha value is -1.55. The van der Waals surface area contributed by atoms with Crippen LogP contribution in [0.2, 0.25) is 0 Å². The molecule has 11 heavy (non-hydrogen) atoms. The Bertz CT molecular complexity index is 197. The molecule has 60 valence electrons. The highest BCUT2D eigenvalue weighted by Gasteiger charge is 2.15. The highest BCUT2D eigenvalue weighted by Crippen LogP contribution is 1.98. The third-order valence-corrected chi connectivity index (χ3v) is 0.984. The third kappa shape index (κ3) is 3.22. The van der Waals surface area contributed by atoms with Crippen LogP contribution in [0, 0.1) is 0 Å². The zero-order chi connectivity index (χ0) is 8.69. The molecule has 0 aliphatic heterocycles. The monoisotopic (exact) mass is 157 g/mol. The van der Waals surface area contributed by atoms with Crippen LogP contribution in [0.3, 0.4) is 0 Å². The molecule has 0 N–H and O–H groups in total. The number of azide groups is 1. The van der Waals surface area contributed by atoms with Gasteiger partial charge in [0.2, 0.25) is 0 Å². The zero-order valence-electron chi connectivity index (χ0n) is 5.93. The van der Waals surface area contributed by atoms with Crippen LogP contribution < -0.4 is 0 Å². The van der Waals surface area contributed by atoms with Gasteiger partial charge in [0, 0.05) is 11.3 Å². The van der Waals surface area contributed by atoms with E-state index in [0.717, 1.165) is 7.11 Å². The van der Waals surface area contributed by atoms with Gasteiger partial charge in [-0.25, -0.2) is 0 Å². The molecule has 0 aromatic carbocycles. The van der Waals surface area contributed by atoms with Crippen molar-refractivity contribution in [2.24, 2.45) is 5.11 Å². The lowest BCUT2D eigenvalue weighted by atomic mass is 10.2. The van der Waals surface area contributed by atoms with Crippen LogP contribution in [-0.2, 0) is 14.3 Å². The predicted molar refractivity (Wildman–Crippen MR) is 35.6 cm³/mol. The summed E-state index contributed by atoms with van der Waals surface area (Å²) in [7, 11) is 1.16. The number of hydrogen-bond acceptors (Lipinski definition) is 4. The molecule has 1 unspecified atom stereocenters. The Balaban J connectivity index is 4.19. The topological polar surface area (TPSA) is 92.1 Å². The molecule has 6 heteroatoms. The van der Waals surface area contributed by atoms with Gasteiger partial charge in [0.1, 0.15) is 12.3 Å². The van der Waals surface area contributed by atoms with Gasteiger partial charge in [-0.05, 0) is 5.53 Å². The van der Waals surface area contributed by atoms with E-state index in [1.165, 1.54) is 0 Å². The lowest BCUT2D eigenvalue weighted by molar-refractivity contribution is -0.142. The second-order valence-corrected chi connectivity index (χ2v) is 1.65. The predicted octanol–water partition coefficient (Wildman–Crippen LogP) is 0.427. The lowest BCUT2D eigenvalue weighted by Crippen LogP contribution is -2.19. The number of carbonyl (C=O) groups excluding carboxylic acids is 2. The van der Waals surface area contributed by atoms with Gasteiger partial charge in [0.25, 0.3) is 0 Å². The number of rotatable bonds is 4. The van der Waals surface area contributed by atoms with E-state index in [4.69, 9.17) is 5.53 Å². The zero-order valence-corrected chi connectivity index (χ0v) is 5.93. The van der Waals surface area contributed by atoms with Crippen molar-refractivity contribution in [3.63, 3.8) is 0 Å². The highest BCUT2D eigenvalue weighted by molar-refractivity contribution is 5.78. The van der Waals surface area contributed by atoms with Gasteiger partial charge in [-0.3, -0.25) is 4.79 Å². The molecule has 0 saturated carbocycles. The second kappa shape index (κ2) is 5.25. The maximum absolute atomic E-state index is 10.6. The van der Waals surface area contributed by atoms with Gasteiger partial charge < -0.3 is 9.53 Å². The molecule has 0 bridgehead atoms. The Morgan fingerprint density at radius 3 is 2.91 bits per heavy atom. The fraction of sp³-hybridized carbons (Fsp3) is 0.600. The Morgan fingerprint density at radius 1 is 1.91 bits per heavy atom. The third-order valence-electron chi connectivity index (χ3n) is 0.984. The molecular formula is C5H7N3O3. The van der Waals surface area contributed by atoms with Crippen molar-refractivity contribution in [3.8, 4) is 0 Å². The first kappa shape index (κ1) is 9.45. The summed E-state index contributed by atoms with van der Waals surface area (Å²) in [4.78, 5) is 23.0. The van der Waals surface area contributed by atoms with Crippen molar-refractivity contribution in [1.29, 1.82) is 0 Å². The largest absolute Gasteiger partial charge is 0.469 e. The van der Waals surface area contributed by atoms with E-state index in [2.05, 4.69) is 14.8 Å². The van der Waals surface area contributed by atoms with Gasteiger partial charge in [-0.1, -0.05) is 5.11 Å². The summed E-state index contributed by atoms with van der Waals surface area (Å²) in [5, 5.41) is 3.06. The highest BCUT2D eigenvalue weighted by atomic mass is 16.5. The molecule has 0 spiro atoms. The minimum atomic E-state index is -1.03. The molecule has 1 atom stereocenters. The molecule has 0 saturated heterocycles. The van der Waals surface area contributed by atoms with Gasteiger partial charge in [-0.2, -0.15) is 0 Å². The van der Waals surface area contributed by atoms with Crippen LogP contribution in [0.15, 0.2) is 5.11 Å². The van der Waals surface area contributed by atoms with Crippen LogP contribution >= 0.6 is 0 Å². The molecule has 0 aliphatic rings. The van der Waals surface area contributed by atoms with Crippen LogP contribution in [-0.4, -0.2) is 25.4 Å². The Morgan fingerprint density at radius 2 is 2.55 bits per heavy atom. The number of ether oxygens (including phenoxy) is 1. The van der Waals surface area contributed by atoms with E-state index in [9.17, 15) is 9.59 Å². The number of esters is 1. The number of carbonyl (C=O) groups is 2. The first-order valence-electron chi connectivity index (χ1n) is 2.82. The van der Waals surface area contributed by atoms with E-state index >= 15 is 0 Å². The van der Waals surface area contributed by atoms with Crippen LogP contribution in [0.1, 0.15) is 6.42 Å². The normalized spacial score (nSPS) is 11.0. The molecule has 6 nitrogen and oxygen atoms in total. The van der Waals surface area contributed by atoms with E-state index < -0.39 is 12.0 Å². The average molecular weight is 157 g/mol. The number of aldehydes is 1. The van der Waals surface area contributed by atoms with Crippen molar-refractivity contribution in [2.45, 2.75) is 12.5 Å². The van der Waals surface area contributed by atoms with E-state index in [-0.39, 0.29) is 6.42 Å². The van der Waals surface area contributed by atoms with E-state index in [0.29, 0.717) is 6.29 Å². The summed E-state index contributed by atoms with van der Waals surface area (Å²) in [5.74, 6) is -0.699. The molecule has 0 amide bonds. The van der Waals surface area contributed by atoms with E-state index in [1.807, 2.05) is 0 Å². The summed E-state index contributed by atoms with van der Waals surface area (Å²) in [6, 6.07) is -1.03. The van der Waals surface area contributed by atoms with Gasteiger partial charge in [0.15, 0.2) is 0 Å². The maximum Gasteiger partial charge on any atom is 0.315 e. The molecule has 0 radical (unpaired) electrons. The number of nitrogens with zero attached hydrogens (tertiary/aromatic N) is 3. The number of hydrogen-bond donors (Lipinski definition) is 0. The fourth-order valence-electron chi connectivity index (χ4n) is 0.480. The van der Waals surface area contributed by atoms with Crippen LogP contribution in [0.4, 0.5) is 0 Å². The minimum Gasteiger partial charge on any atom is -0.469 e. The second-order valence-electron chi connectivity index (χ2n) is 1.65.